The molecule has 1 aromatic rings. The van der Waals surface area contributed by atoms with E-state index in [1.807, 2.05) is 6.92 Å². The fraction of sp³-hybridized carbons (Fsp3) is 0.273. The lowest BCUT2D eigenvalue weighted by atomic mass is 10.3. The number of amides is 1. The van der Waals surface area contributed by atoms with Gasteiger partial charge in [-0.25, -0.2) is 0 Å². The highest BCUT2D eigenvalue weighted by Gasteiger charge is 2.13. The summed E-state index contributed by atoms with van der Waals surface area (Å²) in [4.78, 5) is 17.5. The molecule has 1 heterocycles. The minimum absolute atomic E-state index is 0.125. The zero-order valence-corrected chi connectivity index (χ0v) is 9.37. The molecule has 0 aliphatic rings. The van der Waals surface area contributed by atoms with E-state index < -0.39 is 0 Å². The summed E-state index contributed by atoms with van der Waals surface area (Å²) in [6, 6.07) is 3.21. The Kier molecular flexibility index (Phi) is 4.31. The van der Waals surface area contributed by atoms with Gasteiger partial charge in [0.05, 0.1) is 0 Å². The first-order valence-corrected chi connectivity index (χ1v) is 5.08. The molecule has 0 aliphatic carbocycles. The van der Waals surface area contributed by atoms with Crippen LogP contribution in [0, 0.1) is 0 Å². The van der Waals surface area contributed by atoms with Crippen LogP contribution in [0.3, 0.4) is 0 Å². The van der Waals surface area contributed by atoms with Gasteiger partial charge in [0.2, 0.25) is 0 Å². The fourth-order valence-electron chi connectivity index (χ4n) is 1.20. The summed E-state index contributed by atoms with van der Waals surface area (Å²) in [5.41, 5.74) is 0.367. The number of carbonyl (C=O) groups is 1. The van der Waals surface area contributed by atoms with E-state index >= 15 is 0 Å². The van der Waals surface area contributed by atoms with Gasteiger partial charge in [-0.05, 0) is 19.1 Å². The molecular formula is C11H13ClN2O. The smallest absolute Gasteiger partial charge is 0.272 e. The zero-order chi connectivity index (χ0) is 11.3. The molecular weight excluding hydrogens is 212 g/mol. The predicted octanol–water partition coefficient (Wildman–Crippen LogP) is 2.38. The van der Waals surface area contributed by atoms with E-state index in [0.717, 1.165) is 0 Å². The molecule has 0 aliphatic heterocycles. The van der Waals surface area contributed by atoms with Crippen molar-refractivity contribution in [2.45, 2.75) is 6.92 Å². The molecule has 0 radical (unpaired) electrons. The molecule has 0 spiro atoms. The normalized spacial score (nSPS) is 9.73. The molecule has 0 bridgehead atoms. The lowest BCUT2D eigenvalue weighted by molar-refractivity contribution is 0.0776. The second-order valence-electron chi connectivity index (χ2n) is 2.99. The lowest BCUT2D eigenvalue weighted by Gasteiger charge is -2.18. The predicted molar refractivity (Wildman–Crippen MR) is 61.0 cm³/mol. The Labute approximate surface area is 94.4 Å². The Morgan fingerprint density at radius 3 is 3.00 bits per heavy atom. The highest BCUT2D eigenvalue weighted by molar-refractivity contribution is 6.30. The third-order valence-corrected chi connectivity index (χ3v) is 2.19. The van der Waals surface area contributed by atoms with Gasteiger partial charge in [-0.3, -0.25) is 9.78 Å². The fourth-order valence-corrected chi connectivity index (χ4v) is 1.35. The summed E-state index contributed by atoms with van der Waals surface area (Å²) >= 11 is 5.78. The van der Waals surface area contributed by atoms with E-state index in [0.29, 0.717) is 23.8 Å². The number of halogens is 1. The van der Waals surface area contributed by atoms with Gasteiger partial charge in [0.25, 0.3) is 5.91 Å². The third-order valence-electron chi connectivity index (χ3n) is 1.96. The molecule has 0 aromatic carbocycles. The molecule has 3 nitrogen and oxygen atoms in total. The van der Waals surface area contributed by atoms with Crippen molar-refractivity contribution in [1.29, 1.82) is 0 Å². The third kappa shape index (κ3) is 3.06. The molecule has 1 rings (SSSR count). The summed E-state index contributed by atoms with van der Waals surface area (Å²) < 4.78 is 0. The van der Waals surface area contributed by atoms with Crippen LogP contribution in [-0.4, -0.2) is 28.9 Å². The molecule has 1 aromatic heterocycles. The second kappa shape index (κ2) is 5.51. The van der Waals surface area contributed by atoms with Crippen molar-refractivity contribution in [1.82, 2.24) is 9.88 Å². The molecule has 15 heavy (non-hydrogen) atoms. The van der Waals surface area contributed by atoms with Gasteiger partial charge in [-0.2, -0.15) is 0 Å². The van der Waals surface area contributed by atoms with E-state index in [1.54, 1.807) is 23.1 Å². The number of likely N-dealkylation sites (N-methyl/N-ethyl adjacent to an activating group) is 1. The highest BCUT2D eigenvalue weighted by atomic mass is 35.5. The molecule has 0 atom stereocenters. The molecule has 4 heteroatoms. The number of pyridine rings is 1. The van der Waals surface area contributed by atoms with Crippen molar-refractivity contribution in [2.24, 2.45) is 0 Å². The number of nitrogens with zero attached hydrogens (tertiary/aromatic N) is 2. The summed E-state index contributed by atoms with van der Waals surface area (Å²) in [6.07, 6.45) is 3.21. The molecule has 0 N–H and O–H groups in total. The molecule has 0 saturated carbocycles. The van der Waals surface area contributed by atoms with Crippen molar-refractivity contribution in [2.75, 3.05) is 13.1 Å². The monoisotopic (exact) mass is 224 g/mol. The largest absolute Gasteiger partial charge is 0.334 e. The van der Waals surface area contributed by atoms with E-state index in [9.17, 15) is 4.79 Å². The summed E-state index contributed by atoms with van der Waals surface area (Å²) in [5.74, 6) is -0.125. The maximum absolute atomic E-state index is 11.9. The zero-order valence-electron chi connectivity index (χ0n) is 8.61. The Balaban J connectivity index is 2.87. The summed E-state index contributed by atoms with van der Waals surface area (Å²) in [6.45, 7) is 6.65. The van der Waals surface area contributed by atoms with E-state index in [1.165, 1.54) is 6.20 Å². The van der Waals surface area contributed by atoms with Crippen LogP contribution < -0.4 is 0 Å². The van der Waals surface area contributed by atoms with Crippen LogP contribution in [0.2, 0.25) is 5.02 Å². The molecule has 0 saturated heterocycles. The first-order valence-electron chi connectivity index (χ1n) is 4.70. The standard InChI is InChI=1S/C11H13ClN2O/c1-3-7-14(4-2)11(15)10-8-9(12)5-6-13-10/h3,5-6,8H,1,4,7H2,2H3. The molecule has 0 fully saturated rings. The Morgan fingerprint density at radius 2 is 2.47 bits per heavy atom. The van der Waals surface area contributed by atoms with Gasteiger partial charge >= 0.3 is 0 Å². The average molecular weight is 225 g/mol. The SMILES string of the molecule is C=CCN(CC)C(=O)c1cc(Cl)ccn1. The second-order valence-corrected chi connectivity index (χ2v) is 3.43. The molecule has 0 unspecified atom stereocenters. The quantitative estimate of drug-likeness (QED) is 0.736. The minimum atomic E-state index is -0.125. The maximum atomic E-state index is 11.9. The summed E-state index contributed by atoms with van der Waals surface area (Å²) in [5, 5.41) is 0.517. The van der Waals surface area contributed by atoms with Crippen LogP contribution in [0.1, 0.15) is 17.4 Å². The molecule has 1 amide bonds. The van der Waals surface area contributed by atoms with Crippen LogP contribution >= 0.6 is 11.6 Å². The maximum Gasteiger partial charge on any atom is 0.272 e. The Bertz CT molecular complexity index is 365. The number of rotatable bonds is 4. The van der Waals surface area contributed by atoms with Crippen molar-refractivity contribution in [3.05, 3.63) is 41.7 Å². The summed E-state index contributed by atoms with van der Waals surface area (Å²) in [7, 11) is 0. The van der Waals surface area contributed by atoms with Gasteiger partial charge in [0, 0.05) is 24.3 Å². The number of hydrogen-bond acceptors (Lipinski definition) is 2. The van der Waals surface area contributed by atoms with E-state index in [4.69, 9.17) is 11.6 Å². The van der Waals surface area contributed by atoms with Crippen LogP contribution in [0.4, 0.5) is 0 Å². The lowest BCUT2D eigenvalue weighted by Crippen LogP contribution is -2.31. The van der Waals surface area contributed by atoms with Gasteiger partial charge in [-0.15, -0.1) is 6.58 Å². The average Bonchev–Trinajstić information content (AvgIpc) is 2.25. The Morgan fingerprint density at radius 1 is 1.73 bits per heavy atom. The Hall–Kier alpha value is -1.35. The minimum Gasteiger partial charge on any atom is -0.334 e. The van der Waals surface area contributed by atoms with E-state index in [2.05, 4.69) is 11.6 Å². The topological polar surface area (TPSA) is 33.2 Å². The van der Waals surface area contributed by atoms with Gasteiger partial charge in [0.1, 0.15) is 5.69 Å². The highest BCUT2D eigenvalue weighted by Crippen LogP contribution is 2.10. The number of carbonyl (C=O) groups excluding carboxylic acids is 1. The number of aromatic nitrogens is 1. The number of hydrogen-bond donors (Lipinski definition) is 0. The van der Waals surface area contributed by atoms with Gasteiger partial charge < -0.3 is 4.90 Å². The van der Waals surface area contributed by atoms with Crippen LogP contribution in [0.15, 0.2) is 31.0 Å². The van der Waals surface area contributed by atoms with Crippen molar-refractivity contribution >= 4 is 17.5 Å². The first kappa shape index (κ1) is 11.7. The van der Waals surface area contributed by atoms with E-state index in [-0.39, 0.29) is 5.91 Å². The van der Waals surface area contributed by atoms with Gasteiger partial charge in [0.15, 0.2) is 0 Å². The van der Waals surface area contributed by atoms with Crippen molar-refractivity contribution in [3.8, 4) is 0 Å². The van der Waals surface area contributed by atoms with Crippen molar-refractivity contribution in [3.63, 3.8) is 0 Å². The van der Waals surface area contributed by atoms with Crippen LogP contribution in [0.25, 0.3) is 0 Å². The molecule has 80 valence electrons. The van der Waals surface area contributed by atoms with Crippen LogP contribution in [-0.2, 0) is 0 Å². The van der Waals surface area contributed by atoms with Gasteiger partial charge in [-0.1, -0.05) is 17.7 Å². The van der Waals surface area contributed by atoms with Crippen LogP contribution in [0.5, 0.6) is 0 Å². The first-order chi connectivity index (χ1) is 7.19. The van der Waals surface area contributed by atoms with Crippen molar-refractivity contribution < 1.29 is 4.79 Å².